The third-order valence-corrected chi connectivity index (χ3v) is 6.03. The molecule has 1 fully saturated rings. The molecule has 1 amide bonds. The Bertz CT molecular complexity index is 1170. The first-order valence-corrected chi connectivity index (χ1v) is 10.4. The number of nitro groups is 1. The van der Waals surface area contributed by atoms with E-state index in [2.05, 4.69) is 15.0 Å². The van der Waals surface area contributed by atoms with Crippen LogP contribution in [0.5, 0.6) is 0 Å². The molecule has 30 heavy (non-hydrogen) atoms. The lowest BCUT2D eigenvalue weighted by molar-refractivity contribution is -0.386. The molecule has 3 aromatic heterocycles. The average molecular weight is 431 g/mol. The van der Waals surface area contributed by atoms with Gasteiger partial charge in [0, 0.05) is 50.4 Å². The summed E-state index contributed by atoms with van der Waals surface area (Å²) >= 11 is 1.42. The van der Waals surface area contributed by atoms with Gasteiger partial charge in [-0.15, -0.1) is 11.3 Å². The quantitative estimate of drug-likeness (QED) is 0.433. The number of thiazole rings is 1. The maximum Gasteiger partial charge on any atom is 0.312 e. The van der Waals surface area contributed by atoms with Crippen molar-refractivity contribution in [2.75, 3.05) is 26.2 Å². The van der Waals surface area contributed by atoms with Crippen LogP contribution in [-0.2, 0) is 17.9 Å². The van der Waals surface area contributed by atoms with E-state index in [0.29, 0.717) is 49.1 Å². The maximum absolute atomic E-state index is 12.7. The van der Waals surface area contributed by atoms with Gasteiger partial charge in [0.1, 0.15) is 17.9 Å². The maximum atomic E-state index is 12.7. The second-order valence-electron chi connectivity index (χ2n) is 7.23. The largest absolute Gasteiger partial charge is 0.339 e. The highest BCUT2D eigenvalue weighted by Crippen LogP contribution is 2.22. The lowest BCUT2D eigenvalue weighted by atomic mass is 10.2. The number of aryl methyl sites for hydroxylation is 1. The Morgan fingerprint density at radius 2 is 2.00 bits per heavy atom. The molecule has 3 aromatic rings. The number of piperazine rings is 1. The van der Waals surface area contributed by atoms with E-state index in [9.17, 15) is 19.7 Å². The third-order valence-electron chi connectivity index (χ3n) is 5.28. The molecule has 0 aromatic carbocycles. The summed E-state index contributed by atoms with van der Waals surface area (Å²) in [5, 5.41) is 17.1. The summed E-state index contributed by atoms with van der Waals surface area (Å²) in [6.07, 6.45) is 1.71. The first-order chi connectivity index (χ1) is 14.3. The Morgan fingerprint density at radius 3 is 2.67 bits per heavy atom. The Hall–Kier alpha value is -3.12. The summed E-state index contributed by atoms with van der Waals surface area (Å²) < 4.78 is 2.92. The fourth-order valence-electron chi connectivity index (χ4n) is 3.69. The Morgan fingerprint density at radius 1 is 1.27 bits per heavy atom. The van der Waals surface area contributed by atoms with Gasteiger partial charge in [0.2, 0.25) is 5.91 Å². The monoisotopic (exact) mass is 431 g/mol. The molecule has 0 radical (unpaired) electrons. The van der Waals surface area contributed by atoms with Crippen molar-refractivity contribution in [1.29, 1.82) is 0 Å². The van der Waals surface area contributed by atoms with Crippen LogP contribution in [0.1, 0.15) is 17.1 Å². The number of fused-ring (bicyclic) bond motifs is 1. The van der Waals surface area contributed by atoms with Gasteiger partial charge in [0.15, 0.2) is 4.96 Å². The lowest BCUT2D eigenvalue weighted by Crippen LogP contribution is -2.49. The third kappa shape index (κ3) is 3.83. The van der Waals surface area contributed by atoms with Gasteiger partial charge in [-0.05, 0) is 13.8 Å². The molecule has 0 saturated carbocycles. The zero-order chi connectivity index (χ0) is 21.4. The van der Waals surface area contributed by atoms with Crippen molar-refractivity contribution in [3.8, 4) is 0 Å². The Kier molecular flexibility index (Phi) is 5.35. The van der Waals surface area contributed by atoms with E-state index < -0.39 is 4.92 Å². The van der Waals surface area contributed by atoms with E-state index in [4.69, 9.17) is 0 Å². The van der Waals surface area contributed by atoms with E-state index in [1.807, 2.05) is 5.38 Å². The van der Waals surface area contributed by atoms with Crippen LogP contribution in [0.2, 0.25) is 0 Å². The van der Waals surface area contributed by atoms with Crippen molar-refractivity contribution >= 4 is 27.9 Å². The van der Waals surface area contributed by atoms with E-state index in [1.165, 1.54) is 20.4 Å². The zero-order valence-electron chi connectivity index (χ0n) is 16.6. The highest BCUT2D eigenvalue weighted by molar-refractivity contribution is 7.15. The van der Waals surface area contributed by atoms with Crippen molar-refractivity contribution in [1.82, 2.24) is 29.0 Å². The normalized spacial score (nSPS) is 15.1. The Labute approximate surface area is 175 Å². The molecular formula is C18H21N7O4S. The number of hydrogen-bond acceptors (Lipinski definition) is 8. The molecule has 0 atom stereocenters. The minimum Gasteiger partial charge on any atom is -0.339 e. The minimum atomic E-state index is -0.467. The van der Waals surface area contributed by atoms with Crippen molar-refractivity contribution < 1.29 is 9.72 Å². The van der Waals surface area contributed by atoms with Gasteiger partial charge in [-0.25, -0.2) is 4.98 Å². The molecule has 0 aliphatic carbocycles. The number of carbonyl (C=O) groups excluding carboxylic acids is 1. The van der Waals surface area contributed by atoms with Crippen LogP contribution >= 0.6 is 11.3 Å². The predicted octanol–water partition coefficient (Wildman–Crippen LogP) is 0.822. The van der Waals surface area contributed by atoms with E-state index in [1.54, 1.807) is 31.0 Å². The van der Waals surface area contributed by atoms with Gasteiger partial charge in [0.05, 0.1) is 10.6 Å². The first kappa shape index (κ1) is 20.2. The van der Waals surface area contributed by atoms with Crippen molar-refractivity contribution in [3.63, 3.8) is 0 Å². The molecule has 0 spiro atoms. The number of aromatic nitrogens is 4. The SMILES string of the molecule is Cc1nn(CC(=O)N2CCN(Cc3cc(=O)n4ccsc4n3)CC2)c(C)c1[N+](=O)[O-]. The standard InChI is InChI=1S/C18H21N7O4S/c1-12-17(25(28)29)13(2)24(20-12)11-16(27)22-5-3-21(4-6-22)10-14-9-15(26)23-7-8-30-18(23)19-14/h7-9H,3-6,10-11H2,1-2H3. The van der Waals surface area contributed by atoms with E-state index in [-0.39, 0.29) is 23.7 Å². The van der Waals surface area contributed by atoms with Gasteiger partial charge in [-0.3, -0.25) is 33.7 Å². The molecule has 1 aliphatic heterocycles. The molecule has 12 heteroatoms. The van der Waals surface area contributed by atoms with E-state index >= 15 is 0 Å². The Balaban J connectivity index is 1.36. The van der Waals surface area contributed by atoms with Crippen LogP contribution in [-0.4, -0.2) is 66.0 Å². The molecular weight excluding hydrogens is 410 g/mol. The number of amides is 1. The summed E-state index contributed by atoms with van der Waals surface area (Å²) in [6.45, 7) is 6.11. The molecule has 4 heterocycles. The van der Waals surface area contributed by atoms with Crippen LogP contribution in [0.3, 0.4) is 0 Å². The number of carbonyl (C=O) groups is 1. The molecule has 11 nitrogen and oxygen atoms in total. The summed E-state index contributed by atoms with van der Waals surface area (Å²) in [7, 11) is 0. The van der Waals surface area contributed by atoms with Crippen molar-refractivity contribution in [2.45, 2.75) is 26.9 Å². The topological polar surface area (TPSA) is 119 Å². The average Bonchev–Trinajstić information content (AvgIpc) is 3.27. The zero-order valence-corrected chi connectivity index (χ0v) is 17.5. The number of rotatable bonds is 5. The smallest absolute Gasteiger partial charge is 0.312 e. The van der Waals surface area contributed by atoms with Gasteiger partial charge in [0.25, 0.3) is 5.56 Å². The fraction of sp³-hybridized carbons (Fsp3) is 0.444. The summed E-state index contributed by atoms with van der Waals surface area (Å²) in [6, 6.07) is 1.55. The van der Waals surface area contributed by atoms with Gasteiger partial charge in [-0.2, -0.15) is 5.10 Å². The molecule has 0 N–H and O–H groups in total. The molecule has 1 saturated heterocycles. The van der Waals surface area contributed by atoms with Gasteiger partial charge < -0.3 is 4.90 Å². The highest BCUT2D eigenvalue weighted by atomic mass is 32.1. The lowest BCUT2D eigenvalue weighted by Gasteiger charge is -2.34. The molecule has 1 aliphatic rings. The summed E-state index contributed by atoms with van der Waals surface area (Å²) in [4.78, 5) is 44.5. The van der Waals surface area contributed by atoms with Crippen LogP contribution in [0.4, 0.5) is 5.69 Å². The van der Waals surface area contributed by atoms with Crippen LogP contribution < -0.4 is 5.56 Å². The van der Waals surface area contributed by atoms with Crippen LogP contribution in [0, 0.1) is 24.0 Å². The second kappa shape index (κ2) is 7.95. The molecule has 0 unspecified atom stereocenters. The van der Waals surface area contributed by atoms with Crippen LogP contribution in [0.15, 0.2) is 22.4 Å². The van der Waals surface area contributed by atoms with Gasteiger partial charge in [-0.1, -0.05) is 0 Å². The van der Waals surface area contributed by atoms with Crippen molar-refractivity contribution in [3.05, 3.63) is 55.2 Å². The number of nitrogens with zero attached hydrogens (tertiary/aromatic N) is 7. The summed E-state index contributed by atoms with van der Waals surface area (Å²) in [5.74, 6) is -0.119. The predicted molar refractivity (Wildman–Crippen MR) is 110 cm³/mol. The van der Waals surface area contributed by atoms with Gasteiger partial charge >= 0.3 is 5.69 Å². The second-order valence-corrected chi connectivity index (χ2v) is 8.11. The fourth-order valence-corrected chi connectivity index (χ4v) is 4.43. The number of hydrogen-bond donors (Lipinski definition) is 0. The van der Waals surface area contributed by atoms with E-state index in [0.717, 1.165) is 5.69 Å². The first-order valence-electron chi connectivity index (χ1n) is 9.48. The molecule has 0 bridgehead atoms. The van der Waals surface area contributed by atoms with Crippen LogP contribution in [0.25, 0.3) is 4.96 Å². The minimum absolute atomic E-state index is 0.0200. The van der Waals surface area contributed by atoms with Crippen molar-refractivity contribution in [2.24, 2.45) is 0 Å². The molecule has 4 rings (SSSR count). The molecule has 158 valence electrons. The highest BCUT2D eigenvalue weighted by Gasteiger charge is 2.26. The summed E-state index contributed by atoms with van der Waals surface area (Å²) in [5.41, 5.74) is 1.27.